The summed E-state index contributed by atoms with van der Waals surface area (Å²) in [6.45, 7) is 3.88. The first-order valence-electron chi connectivity index (χ1n) is 8.94. The van der Waals surface area contributed by atoms with Gasteiger partial charge >= 0.3 is 6.18 Å². The van der Waals surface area contributed by atoms with Crippen LogP contribution in [-0.2, 0) is 11.7 Å². The van der Waals surface area contributed by atoms with Gasteiger partial charge in [0, 0.05) is 6.20 Å². The fraction of sp³-hybridized carbons (Fsp3) is 0.444. The summed E-state index contributed by atoms with van der Waals surface area (Å²) in [6.07, 6.45) is 0.530. The van der Waals surface area contributed by atoms with E-state index in [1.807, 2.05) is 13.8 Å². The zero-order valence-electron chi connectivity index (χ0n) is 15.8. The first kappa shape index (κ1) is 21.3. The fourth-order valence-corrected chi connectivity index (χ4v) is 3.26. The van der Waals surface area contributed by atoms with Crippen molar-refractivity contribution in [2.24, 2.45) is 5.73 Å². The lowest BCUT2D eigenvalue weighted by Crippen LogP contribution is -2.44. The second kappa shape index (κ2) is 7.42. The van der Waals surface area contributed by atoms with Gasteiger partial charge in [0.1, 0.15) is 0 Å². The minimum atomic E-state index is -4.44. The predicted molar refractivity (Wildman–Crippen MR) is 101 cm³/mol. The fourth-order valence-electron chi connectivity index (χ4n) is 3.26. The standard InChI is InChI=1S/C18H19F3N6O.ClH/c1-10(2)14-12(15-25-16(26-28-15)17(22)6-3-7-17)9-24-27(14)13-5-4-11(8-23-13)18(19,20)21;/h4-5,8-10H,3,6-7,22H2,1-2H3;1H. The van der Waals surface area contributed by atoms with Gasteiger partial charge in [0.25, 0.3) is 5.89 Å². The number of halogens is 4. The maximum atomic E-state index is 12.8. The van der Waals surface area contributed by atoms with Crippen LogP contribution in [0.15, 0.2) is 29.0 Å². The van der Waals surface area contributed by atoms with Gasteiger partial charge in [-0.3, -0.25) is 0 Å². The third-order valence-corrected chi connectivity index (χ3v) is 4.99. The van der Waals surface area contributed by atoms with Gasteiger partial charge in [-0.2, -0.15) is 23.3 Å². The van der Waals surface area contributed by atoms with E-state index in [9.17, 15) is 13.2 Å². The van der Waals surface area contributed by atoms with Gasteiger partial charge in [0.15, 0.2) is 11.6 Å². The van der Waals surface area contributed by atoms with Gasteiger partial charge in [0.05, 0.1) is 28.6 Å². The summed E-state index contributed by atoms with van der Waals surface area (Å²) in [4.78, 5) is 8.37. The Labute approximate surface area is 170 Å². The second-order valence-corrected chi connectivity index (χ2v) is 7.35. The molecule has 7 nitrogen and oxygen atoms in total. The van der Waals surface area contributed by atoms with Crippen LogP contribution in [0.4, 0.5) is 13.2 Å². The molecule has 1 fully saturated rings. The molecular formula is C18H20ClF3N6O. The lowest BCUT2D eigenvalue weighted by atomic mass is 9.77. The van der Waals surface area contributed by atoms with Crippen LogP contribution in [0, 0.1) is 0 Å². The molecule has 0 bridgehead atoms. The molecule has 29 heavy (non-hydrogen) atoms. The van der Waals surface area contributed by atoms with Gasteiger partial charge in [-0.15, -0.1) is 12.4 Å². The third kappa shape index (κ3) is 3.74. The molecule has 1 aliphatic carbocycles. The highest BCUT2D eigenvalue weighted by atomic mass is 35.5. The molecule has 0 saturated heterocycles. The molecule has 0 amide bonds. The largest absolute Gasteiger partial charge is 0.417 e. The smallest absolute Gasteiger partial charge is 0.334 e. The summed E-state index contributed by atoms with van der Waals surface area (Å²) >= 11 is 0. The quantitative estimate of drug-likeness (QED) is 0.668. The average Bonchev–Trinajstić information content (AvgIpc) is 3.26. The zero-order chi connectivity index (χ0) is 20.1. The lowest BCUT2D eigenvalue weighted by Gasteiger charge is -2.34. The number of rotatable bonds is 4. The van der Waals surface area contributed by atoms with Crippen LogP contribution >= 0.6 is 12.4 Å². The van der Waals surface area contributed by atoms with Crippen LogP contribution < -0.4 is 5.73 Å². The summed E-state index contributed by atoms with van der Waals surface area (Å²) in [7, 11) is 0. The Morgan fingerprint density at radius 1 is 1.21 bits per heavy atom. The van der Waals surface area contributed by atoms with Crippen molar-refractivity contribution in [2.45, 2.75) is 50.7 Å². The van der Waals surface area contributed by atoms with Crippen LogP contribution in [0.3, 0.4) is 0 Å². The van der Waals surface area contributed by atoms with E-state index in [1.54, 1.807) is 6.20 Å². The summed E-state index contributed by atoms with van der Waals surface area (Å²) < 4.78 is 45.3. The summed E-state index contributed by atoms with van der Waals surface area (Å²) in [5, 5.41) is 8.31. The molecule has 3 aromatic rings. The number of hydrogen-bond donors (Lipinski definition) is 1. The minimum absolute atomic E-state index is 0. The van der Waals surface area contributed by atoms with Crippen molar-refractivity contribution < 1.29 is 17.7 Å². The van der Waals surface area contributed by atoms with Crippen molar-refractivity contribution in [1.82, 2.24) is 24.9 Å². The Bertz CT molecular complexity index is 992. The maximum Gasteiger partial charge on any atom is 0.417 e. The molecule has 0 atom stereocenters. The number of hydrogen-bond acceptors (Lipinski definition) is 6. The van der Waals surface area contributed by atoms with E-state index in [2.05, 4.69) is 20.2 Å². The van der Waals surface area contributed by atoms with Crippen molar-refractivity contribution in [2.75, 3.05) is 0 Å². The first-order chi connectivity index (χ1) is 13.2. The van der Waals surface area contributed by atoms with E-state index >= 15 is 0 Å². The number of pyridine rings is 1. The zero-order valence-corrected chi connectivity index (χ0v) is 16.6. The highest BCUT2D eigenvalue weighted by Crippen LogP contribution is 2.38. The molecule has 0 radical (unpaired) electrons. The van der Waals surface area contributed by atoms with Crippen molar-refractivity contribution >= 4 is 12.4 Å². The van der Waals surface area contributed by atoms with Gasteiger partial charge in [-0.1, -0.05) is 19.0 Å². The Kier molecular flexibility index (Phi) is 5.44. The Morgan fingerprint density at radius 3 is 2.45 bits per heavy atom. The van der Waals surface area contributed by atoms with Gasteiger partial charge in [-0.25, -0.2) is 9.67 Å². The molecular weight excluding hydrogens is 409 g/mol. The summed E-state index contributed by atoms with van der Waals surface area (Å²) in [5.41, 5.74) is 6.21. The highest BCUT2D eigenvalue weighted by Gasteiger charge is 2.39. The van der Waals surface area contributed by atoms with Gasteiger partial charge in [-0.05, 0) is 37.3 Å². The highest BCUT2D eigenvalue weighted by molar-refractivity contribution is 5.85. The van der Waals surface area contributed by atoms with Crippen molar-refractivity contribution in [3.63, 3.8) is 0 Å². The number of aromatic nitrogens is 5. The molecule has 4 rings (SSSR count). The van der Waals surface area contributed by atoms with Crippen molar-refractivity contribution in [1.29, 1.82) is 0 Å². The molecule has 0 aliphatic heterocycles. The van der Waals surface area contributed by atoms with E-state index in [0.717, 1.165) is 31.5 Å². The number of nitrogens with zero attached hydrogens (tertiary/aromatic N) is 5. The molecule has 0 unspecified atom stereocenters. The van der Waals surface area contributed by atoms with E-state index in [1.165, 1.54) is 10.7 Å². The Balaban J connectivity index is 0.00000240. The number of nitrogens with two attached hydrogens (primary N) is 1. The topological polar surface area (TPSA) is 95.6 Å². The van der Waals surface area contributed by atoms with Gasteiger partial charge < -0.3 is 10.3 Å². The van der Waals surface area contributed by atoms with E-state index in [4.69, 9.17) is 10.3 Å². The average molecular weight is 429 g/mol. The van der Waals surface area contributed by atoms with E-state index < -0.39 is 17.3 Å². The molecule has 1 aliphatic rings. The predicted octanol–water partition coefficient (Wildman–Crippen LogP) is 4.22. The molecule has 156 valence electrons. The maximum absolute atomic E-state index is 12.8. The van der Waals surface area contributed by atoms with E-state index in [0.29, 0.717) is 17.1 Å². The minimum Gasteiger partial charge on any atom is -0.334 e. The molecule has 2 N–H and O–H groups in total. The van der Waals surface area contributed by atoms with Crippen LogP contribution in [-0.4, -0.2) is 24.9 Å². The molecule has 0 spiro atoms. The summed E-state index contributed by atoms with van der Waals surface area (Å²) in [6, 6.07) is 2.27. The molecule has 1 saturated carbocycles. The Hall–Kier alpha value is -2.46. The van der Waals surface area contributed by atoms with E-state index in [-0.39, 0.29) is 30.0 Å². The monoisotopic (exact) mass is 428 g/mol. The van der Waals surface area contributed by atoms with Crippen LogP contribution in [0.5, 0.6) is 0 Å². The summed E-state index contributed by atoms with van der Waals surface area (Å²) in [5.74, 6) is 1.00. The normalized spacial score (nSPS) is 15.8. The lowest BCUT2D eigenvalue weighted by molar-refractivity contribution is -0.137. The third-order valence-electron chi connectivity index (χ3n) is 4.99. The van der Waals surface area contributed by atoms with Gasteiger partial charge in [0.2, 0.25) is 0 Å². The number of alkyl halides is 3. The van der Waals surface area contributed by atoms with Crippen molar-refractivity contribution in [3.8, 4) is 17.3 Å². The van der Waals surface area contributed by atoms with Crippen LogP contribution in [0.2, 0.25) is 0 Å². The first-order valence-corrected chi connectivity index (χ1v) is 8.94. The van der Waals surface area contributed by atoms with Crippen LogP contribution in [0.1, 0.15) is 56.1 Å². The molecule has 3 heterocycles. The van der Waals surface area contributed by atoms with Crippen molar-refractivity contribution in [3.05, 3.63) is 41.6 Å². The second-order valence-electron chi connectivity index (χ2n) is 7.35. The Morgan fingerprint density at radius 2 is 1.93 bits per heavy atom. The molecule has 11 heteroatoms. The molecule has 3 aromatic heterocycles. The SMILES string of the molecule is CC(C)c1c(-c2nc(C3(N)CCC3)no2)cnn1-c1ccc(C(F)(F)F)cn1.Cl. The molecule has 0 aromatic carbocycles. The van der Waals surface area contributed by atoms with Crippen LogP contribution in [0.25, 0.3) is 17.3 Å².